The van der Waals surface area contributed by atoms with Gasteiger partial charge in [0.25, 0.3) is 0 Å². The molecule has 30 heavy (non-hydrogen) atoms. The van der Waals surface area contributed by atoms with Crippen molar-refractivity contribution in [3.63, 3.8) is 0 Å². The Labute approximate surface area is 182 Å². The Morgan fingerprint density at radius 2 is 1.93 bits per heavy atom. The Kier molecular flexibility index (Phi) is 8.30. The molecule has 162 valence electrons. The van der Waals surface area contributed by atoms with Crippen LogP contribution < -0.4 is 15.4 Å². The van der Waals surface area contributed by atoms with E-state index >= 15 is 0 Å². The number of guanidine groups is 1. The normalized spacial score (nSPS) is 16.2. The van der Waals surface area contributed by atoms with Crippen molar-refractivity contribution in [2.75, 3.05) is 47.0 Å². The summed E-state index contributed by atoms with van der Waals surface area (Å²) in [5.41, 5.74) is 2.08. The Morgan fingerprint density at radius 3 is 2.57 bits per heavy atom. The zero-order valence-electron chi connectivity index (χ0n) is 17.3. The molecule has 1 fully saturated rings. The van der Waals surface area contributed by atoms with Crippen LogP contribution in [0.15, 0.2) is 47.5 Å². The summed E-state index contributed by atoms with van der Waals surface area (Å²) in [5.74, 6) is 1.08. The maximum absolute atomic E-state index is 13.3. The number of morpholine rings is 1. The molecule has 0 radical (unpaired) electrons. The monoisotopic (exact) mass is 434 g/mol. The van der Waals surface area contributed by atoms with Gasteiger partial charge in [0.05, 0.1) is 31.4 Å². The lowest BCUT2D eigenvalue weighted by Crippen LogP contribution is -2.46. The fourth-order valence-electron chi connectivity index (χ4n) is 3.42. The number of rotatable bonds is 7. The zero-order valence-corrected chi connectivity index (χ0v) is 18.1. The third-order valence-electron chi connectivity index (χ3n) is 5.12. The Hall–Kier alpha value is -2.35. The van der Waals surface area contributed by atoms with Gasteiger partial charge in [-0.2, -0.15) is 0 Å². The van der Waals surface area contributed by atoms with Gasteiger partial charge in [-0.05, 0) is 35.4 Å². The third-order valence-corrected chi connectivity index (χ3v) is 5.41. The van der Waals surface area contributed by atoms with Crippen LogP contribution in [-0.4, -0.2) is 57.9 Å². The molecule has 0 saturated carbocycles. The SMILES string of the molecule is CN=C(NCc1ccc(F)c(Cl)c1)NCC(c1ccc(OC)cc1)N1CCOCC1. The molecule has 2 N–H and O–H groups in total. The van der Waals surface area contributed by atoms with E-state index in [4.69, 9.17) is 21.1 Å². The number of methoxy groups -OCH3 is 1. The molecule has 2 aromatic carbocycles. The van der Waals surface area contributed by atoms with Gasteiger partial charge in [-0.3, -0.25) is 9.89 Å². The largest absolute Gasteiger partial charge is 0.497 e. The summed E-state index contributed by atoms with van der Waals surface area (Å²) in [4.78, 5) is 6.71. The molecule has 8 heteroatoms. The smallest absolute Gasteiger partial charge is 0.191 e. The second-order valence-electron chi connectivity index (χ2n) is 6.99. The molecule has 0 aliphatic carbocycles. The van der Waals surface area contributed by atoms with Crippen molar-refractivity contribution in [1.29, 1.82) is 0 Å². The predicted octanol–water partition coefficient (Wildman–Crippen LogP) is 3.23. The van der Waals surface area contributed by atoms with Gasteiger partial charge >= 0.3 is 0 Å². The number of aliphatic imine (C=N–C) groups is 1. The fourth-order valence-corrected chi connectivity index (χ4v) is 3.63. The molecule has 2 aromatic rings. The van der Waals surface area contributed by atoms with Crippen molar-refractivity contribution in [2.45, 2.75) is 12.6 Å². The van der Waals surface area contributed by atoms with Crippen molar-refractivity contribution in [2.24, 2.45) is 4.99 Å². The average Bonchev–Trinajstić information content (AvgIpc) is 2.79. The molecule has 1 unspecified atom stereocenters. The molecule has 1 atom stereocenters. The van der Waals surface area contributed by atoms with E-state index in [9.17, 15) is 4.39 Å². The highest BCUT2D eigenvalue weighted by Crippen LogP contribution is 2.23. The highest BCUT2D eigenvalue weighted by Gasteiger charge is 2.23. The molecule has 0 spiro atoms. The first kappa shape index (κ1) is 22.3. The number of halogens is 2. The minimum atomic E-state index is -0.421. The maximum atomic E-state index is 13.3. The summed E-state index contributed by atoms with van der Waals surface area (Å²) >= 11 is 5.87. The number of benzene rings is 2. The highest BCUT2D eigenvalue weighted by molar-refractivity contribution is 6.30. The number of nitrogens with zero attached hydrogens (tertiary/aromatic N) is 2. The van der Waals surface area contributed by atoms with Gasteiger partial charge < -0.3 is 20.1 Å². The van der Waals surface area contributed by atoms with Crippen LogP contribution in [0.25, 0.3) is 0 Å². The molecule has 3 rings (SSSR count). The topological polar surface area (TPSA) is 58.1 Å². The van der Waals surface area contributed by atoms with Gasteiger partial charge in [0.15, 0.2) is 5.96 Å². The molecule has 1 aliphatic rings. The van der Waals surface area contributed by atoms with Gasteiger partial charge in [-0.1, -0.05) is 29.8 Å². The van der Waals surface area contributed by atoms with E-state index in [-0.39, 0.29) is 11.1 Å². The summed E-state index contributed by atoms with van der Waals surface area (Å²) in [6.07, 6.45) is 0. The van der Waals surface area contributed by atoms with Gasteiger partial charge in [0.1, 0.15) is 11.6 Å². The molecular weight excluding hydrogens is 407 g/mol. The number of nitrogens with one attached hydrogen (secondary N) is 2. The van der Waals surface area contributed by atoms with E-state index in [1.807, 2.05) is 12.1 Å². The highest BCUT2D eigenvalue weighted by atomic mass is 35.5. The van der Waals surface area contributed by atoms with Crippen molar-refractivity contribution in [1.82, 2.24) is 15.5 Å². The first-order chi connectivity index (χ1) is 14.6. The molecule has 1 heterocycles. The van der Waals surface area contributed by atoms with E-state index < -0.39 is 5.82 Å². The van der Waals surface area contributed by atoms with Crippen molar-refractivity contribution in [3.8, 4) is 5.75 Å². The summed E-state index contributed by atoms with van der Waals surface area (Å²) in [6, 6.07) is 13.0. The summed E-state index contributed by atoms with van der Waals surface area (Å²) in [7, 11) is 3.39. The fraction of sp³-hybridized carbons (Fsp3) is 0.409. The van der Waals surface area contributed by atoms with Crippen LogP contribution in [0.1, 0.15) is 17.2 Å². The van der Waals surface area contributed by atoms with Crippen LogP contribution in [0.3, 0.4) is 0 Å². The first-order valence-electron chi connectivity index (χ1n) is 9.95. The van der Waals surface area contributed by atoms with Crippen molar-refractivity contribution >= 4 is 17.6 Å². The lowest BCUT2D eigenvalue weighted by molar-refractivity contribution is 0.0170. The van der Waals surface area contributed by atoms with Gasteiger partial charge in [-0.15, -0.1) is 0 Å². The molecule has 1 aliphatic heterocycles. The summed E-state index contributed by atoms with van der Waals surface area (Å²) in [6.45, 7) is 4.37. The number of hydrogen-bond acceptors (Lipinski definition) is 4. The zero-order chi connectivity index (χ0) is 21.3. The molecule has 1 saturated heterocycles. The minimum Gasteiger partial charge on any atom is -0.497 e. The maximum Gasteiger partial charge on any atom is 0.191 e. The standard InChI is InChI=1S/C22H28ClFN4O2/c1-25-22(26-14-16-3-8-20(24)19(23)13-16)27-15-21(28-9-11-30-12-10-28)17-4-6-18(29-2)7-5-17/h3-8,13,21H,9-12,14-15H2,1-2H3,(H2,25,26,27). The van der Waals surface area contributed by atoms with E-state index in [2.05, 4.69) is 32.7 Å². The molecule has 0 aromatic heterocycles. The van der Waals surface area contributed by atoms with Crippen LogP contribution in [0.2, 0.25) is 5.02 Å². The van der Waals surface area contributed by atoms with E-state index in [0.29, 0.717) is 19.0 Å². The molecular formula is C22H28ClFN4O2. The molecule has 0 amide bonds. The Balaban J connectivity index is 1.64. The van der Waals surface area contributed by atoms with Gasteiger partial charge in [0.2, 0.25) is 0 Å². The third kappa shape index (κ3) is 6.08. The van der Waals surface area contributed by atoms with Crippen molar-refractivity contribution in [3.05, 3.63) is 64.4 Å². The average molecular weight is 435 g/mol. The second-order valence-corrected chi connectivity index (χ2v) is 7.40. The summed E-state index contributed by atoms with van der Waals surface area (Å²) < 4.78 is 24.2. The van der Waals surface area contributed by atoms with Gasteiger partial charge in [0, 0.05) is 33.2 Å². The quantitative estimate of drug-likeness (QED) is 0.517. The lowest BCUT2D eigenvalue weighted by Gasteiger charge is -2.35. The second kappa shape index (κ2) is 11.2. The van der Waals surface area contributed by atoms with E-state index in [1.165, 1.54) is 11.6 Å². The Bertz CT molecular complexity index is 842. The van der Waals surface area contributed by atoms with Crippen LogP contribution in [0.4, 0.5) is 4.39 Å². The predicted molar refractivity (Wildman–Crippen MR) is 118 cm³/mol. The van der Waals surface area contributed by atoms with Crippen molar-refractivity contribution < 1.29 is 13.9 Å². The Morgan fingerprint density at radius 1 is 1.20 bits per heavy atom. The number of hydrogen-bond donors (Lipinski definition) is 2. The van der Waals surface area contributed by atoms with E-state index in [0.717, 1.165) is 37.6 Å². The first-order valence-corrected chi connectivity index (χ1v) is 10.3. The molecule has 0 bridgehead atoms. The van der Waals surface area contributed by atoms with Crippen LogP contribution in [0, 0.1) is 5.82 Å². The van der Waals surface area contributed by atoms with Crippen LogP contribution in [-0.2, 0) is 11.3 Å². The molecule has 6 nitrogen and oxygen atoms in total. The minimum absolute atomic E-state index is 0.115. The van der Waals surface area contributed by atoms with Crippen LogP contribution in [0.5, 0.6) is 5.75 Å². The van der Waals surface area contributed by atoms with Gasteiger partial charge in [-0.25, -0.2) is 4.39 Å². The van der Waals surface area contributed by atoms with E-state index in [1.54, 1.807) is 26.3 Å². The lowest BCUT2D eigenvalue weighted by atomic mass is 10.0. The number of ether oxygens (including phenoxy) is 2. The van der Waals surface area contributed by atoms with Crippen LogP contribution >= 0.6 is 11.6 Å². The summed E-state index contributed by atoms with van der Waals surface area (Å²) in [5, 5.41) is 6.78.